The highest BCUT2D eigenvalue weighted by Gasteiger charge is 2.33. The highest BCUT2D eigenvalue weighted by atomic mass is 35.5. The van der Waals surface area contributed by atoms with Gasteiger partial charge < -0.3 is 0 Å². The maximum Gasteiger partial charge on any atom is 0.280 e. The molecule has 1 atom stereocenters. The first-order valence-electron chi connectivity index (χ1n) is 5.44. The molecule has 0 spiro atoms. The molecule has 1 aromatic rings. The Morgan fingerprint density at radius 2 is 2.29 bits per heavy atom. The molecule has 17 heavy (non-hydrogen) atoms. The lowest BCUT2D eigenvalue weighted by molar-refractivity contribution is -0.125. The van der Waals surface area contributed by atoms with Crippen LogP contribution in [0.3, 0.4) is 0 Å². The number of nitrogens with zero attached hydrogens (tertiary/aromatic N) is 3. The Balaban J connectivity index is 2.15. The van der Waals surface area contributed by atoms with Crippen LogP contribution in [0, 0.1) is 5.92 Å². The second kappa shape index (κ2) is 4.79. The highest BCUT2D eigenvalue weighted by Crippen LogP contribution is 2.21. The van der Waals surface area contributed by atoms with Crippen LogP contribution < -0.4 is 0 Å². The summed E-state index contributed by atoms with van der Waals surface area (Å²) < 4.78 is 0. The molecule has 0 saturated carbocycles. The quantitative estimate of drug-likeness (QED) is 0.750. The van der Waals surface area contributed by atoms with Crippen LogP contribution >= 0.6 is 11.6 Å². The zero-order valence-electron chi connectivity index (χ0n) is 9.39. The van der Waals surface area contributed by atoms with Gasteiger partial charge in [0.15, 0.2) is 0 Å². The van der Waals surface area contributed by atoms with Gasteiger partial charge in [0.25, 0.3) is 5.91 Å². The molecule has 1 aliphatic rings. The molecule has 90 valence electrons. The molecular formula is C11H12ClN3O2. The second-order valence-electron chi connectivity index (χ2n) is 4.01. The molecule has 1 unspecified atom stereocenters. The molecule has 0 aliphatic carbocycles. The van der Waals surface area contributed by atoms with Gasteiger partial charge in [-0.05, 0) is 5.92 Å². The van der Waals surface area contributed by atoms with Crippen molar-refractivity contribution >= 4 is 23.4 Å². The Morgan fingerprint density at radius 1 is 1.53 bits per heavy atom. The Hall–Kier alpha value is -1.49. The number of hydrogen-bond donors (Lipinski definition) is 0. The summed E-state index contributed by atoms with van der Waals surface area (Å²) in [6.45, 7) is 2.48. The average Bonchev–Trinajstić information content (AvgIpc) is 2.71. The number of carbonyl (C=O) groups excluding carboxylic acids is 2. The molecule has 1 aliphatic heterocycles. The fourth-order valence-electron chi connectivity index (χ4n) is 1.81. The van der Waals surface area contributed by atoms with Gasteiger partial charge in [0.1, 0.15) is 10.8 Å². The Kier molecular flexibility index (Phi) is 3.38. The molecule has 6 heteroatoms. The van der Waals surface area contributed by atoms with Gasteiger partial charge in [0, 0.05) is 13.0 Å². The van der Waals surface area contributed by atoms with Crippen molar-refractivity contribution in [2.45, 2.75) is 19.8 Å². The fourth-order valence-corrected chi connectivity index (χ4v) is 1.91. The SMILES string of the molecule is CCC1CC(=O)N(C(=O)c2cnc(Cl)cn2)C1. The number of carbonyl (C=O) groups is 2. The van der Waals surface area contributed by atoms with E-state index >= 15 is 0 Å². The molecule has 2 amide bonds. The highest BCUT2D eigenvalue weighted by molar-refractivity contribution is 6.29. The van der Waals surface area contributed by atoms with Crippen LogP contribution in [0.15, 0.2) is 12.4 Å². The molecule has 5 nitrogen and oxygen atoms in total. The molecule has 1 saturated heterocycles. The van der Waals surface area contributed by atoms with Crippen molar-refractivity contribution in [3.63, 3.8) is 0 Å². The Morgan fingerprint density at radius 3 is 2.82 bits per heavy atom. The van der Waals surface area contributed by atoms with E-state index in [0.717, 1.165) is 6.42 Å². The smallest absolute Gasteiger partial charge is 0.277 e. The molecule has 0 N–H and O–H groups in total. The van der Waals surface area contributed by atoms with E-state index in [9.17, 15) is 9.59 Å². The topological polar surface area (TPSA) is 63.2 Å². The first-order chi connectivity index (χ1) is 8.11. The molecular weight excluding hydrogens is 242 g/mol. The van der Waals surface area contributed by atoms with Crippen LogP contribution in [0.2, 0.25) is 5.15 Å². The largest absolute Gasteiger partial charge is 0.280 e. The van der Waals surface area contributed by atoms with E-state index in [-0.39, 0.29) is 22.7 Å². The third-order valence-corrected chi connectivity index (χ3v) is 3.06. The van der Waals surface area contributed by atoms with Crippen molar-refractivity contribution in [2.24, 2.45) is 5.92 Å². The third-order valence-electron chi connectivity index (χ3n) is 2.87. The normalized spacial score (nSPS) is 19.8. The number of imide groups is 1. The molecule has 1 fully saturated rings. The minimum absolute atomic E-state index is 0.140. The summed E-state index contributed by atoms with van der Waals surface area (Å²) >= 11 is 5.58. The van der Waals surface area contributed by atoms with E-state index in [2.05, 4.69) is 9.97 Å². The lowest BCUT2D eigenvalue weighted by Gasteiger charge is -2.13. The predicted molar refractivity (Wildman–Crippen MR) is 61.5 cm³/mol. The summed E-state index contributed by atoms with van der Waals surface area (Å²) in [5.74, 6) is -0.277. The summed E-state index contributed by atoms with van der Waals surface area (Å²) in [6.07, 6.45) is 3.91. The van der Waals surface area contributed by atoms with Gasteiger partial charge in [-0.15, -0.1) is 0 Å². The van der Waals surface area contributed by atoms with Gasteiger partial charge >= 0.3 is 0 Å². The first-order valence-corrected chi connectivity index (χ1v) is 5.82. The minimum atomic E-state index is -0.393. The van der Waals surface area contributed by atoms with Crippen LogP contribution in [-0.4, -0.2) is 33.2 Å². The van der Waals surface area contributed by atoms with Crippen LogP contribution in [0.1, 0.15) is 30.3 Å². The van der Waals surface area contributed by atoms with E-state index in [0.29, 0.717) is 13.0 Å². The summed E-state index contributed by atoms with van der Waals surface area (Å²) in [7, 11) is 0. The molecule has 1 aromatic heterocycles. The molecule has 2 heterocycles. The fraction of sp³-hybridized carbons (Fsp3) is 0.455. The second-order valence-corrected chi connectivity index (χ2v) is 4.40. The third kappa shape index (κ3) is 2.44. The molecule has 0 bridgehead atoms. The van der Waals surface area contributed by atoms with Crippen molar-refractivity contribution < 1.29 is 9.59 Å². The van der Waals surface area contributed by atoms with E-state index in [4.69, 9.17) is 11.6 Å². The average molecular weight is 254 g/mol. The molecule has 2 rings (SSSR count). The standard InChI is InChI=1S/C11H12ClN3O2/c1-2-7-3-10(16)15(6-7)11(17)8-4-14-9(12)5-13-8/h4-5,7H,2-3,6H2,1H3. The van der Waals surface area contributed by atoms with Crippen LogP contribution in [0.5, 0.6) is 0 Å². The van der Waals surface area contributed by atoms with Gasteiger partial charge in [-0.1, -0.05) is 24.9 Å². The molecule has 0 radical (unpaired) electrons. The maximum absolute atomic E-state index is 12.0. The monoisotopic (exact) mass is 253 g/mol. The lowest BCUT2D eigenvalue weighted by atomic mass is 10.1. The Labute approximate surface area is 104 Å². The number of hydrogen-bond acceptors (Lipinski definition) is 4. The lowest BCUT2D eigenvalue weighted by Crippen LogP contribution is -2.33. The number of amides is 2. The van der Waals surface area contributed by atoms with Crippen molar-refractivity contribution in [1.29, 1.82) is 0 Å². The van der Waals surface area contributed by atoms with Crippen molar-refractivity contribution in [2.75, 3.05) is 6.54 Å². The number of aromatic nitrogens is 2. The van der Waals surface area contributed by atoms with Gasteiger partial charge in [-0.25, -0.2) is 9.97 Å². The summed E-state index contributed by atoms with van der Waals surface area (Å²) in [4.78, 5) is 32.5. The van der Waals surface area contributed by atoms with Crippen molar-refractivity contribution in [3.8, 4) is 0 Å². The van der Waals surface area contributed by atoms with E-state index in [1.54, 1.807) is 0 Å². The van der Waals surface area contributed by atoms with Crippen LogP contribution in [0.4, 0.5) is 0 Å². The zero-order chi connectivity index (χ0) is 12.4. The van der Waals surface area contributed by atoms with Gasteiger partial charge in [0.2, 0.25) is 5.91 Å². The maximum atomic E-state index is 12.0. The van der Waals surface area contributed by atoms with Gasteiger partial charge in [0.05, 0.1) is 12.4 Å². The zero-order valence-corrected chi connectivity index (χ0v) is 10.1. The van der Waals surface area contributed by atoms with E-state index in [1.165, 1.54) is 17.3 Å². The number of rotatable bonds is 2. The summed E-state index contributed by atoms with van der Waals surface area (Å²) in [5.41, 5.74) is 0.152. The first kappa shape index (κ1) is 12.0. The van der Waals surface area contributed by atoms with Crippen molar-refractivity contribution in [1.82, 2.24) is 14.9 Å². The summed E-state index contributed by atoms with van der Waals surface area (Å²) in [6, 6.07) is 0. The predicted octanol–water partition coefficient (Wildman–Crippen LogP) is 1.53. The van der Waals surface area contributed by atoms with Crippen LogP contribution in [-0.2, 0) is 4.79 Å². The number of likely N-dealkylation sites (tertiary alicyclic amines) is 1. The minimum Gasteiger partial charge on any atom is -0.277 e. The number of halogens is 1. The van der Waals surface area contributed by atoms with E-state index in [1.807, 2.05) is 6.92 Å². The summed E-state index contributed by atoms with van der Waals surface area (Å²) in [5, 5.41) is 0.223. The van der Waals surface area contributed by atoms with Crippen molar-refractivity contribution in [3.05, 3.63) is 23.2 Å². The van der Waals surface area contributed by atoms with Crippen LogP contribution in [0.25, 0.3) is 0 Å². The van der Waals surface area contributed by atoms with Gasteiger partial charge in [-0.2, -0.15) is 0 Å². The molecule has 0 aromatic carbocycles. The Bertz CT molecular complexity index is 447. The van der Waals surface area contributed by atoms with E-state index < -0.39 is 5.91 Å². The van der Waals surface area contributed by atoms with Gasteiger partial charge in [-0.3, -0.25) is 14.5 Å².